The first kappa shape index (κ1) is 22.5. The molecule has 4 atom stereocenters. The number of carbonyl (C=O) groups excluding carboxylic acids is 1. The van der Waals surface area contributed by atoms with Crippen molar-refractivity contribution in [3.63, 3.8) is 0 Å². The highest BCUT2D eigenvalue weighted by atomic mass is 16.6. The smallest absolute Gasteiger partial charge is 0.246 e. The van der Waals surface area contributed by atoms with E-state index in [4.69, 9.17) is 31.5 Å². The Morgan fingerprint density at radius 2 is 1.96 bits per heavy atom. The van der Waals surface area contributed by atoms with Gasteiger partial charge in [0.2, 0.25) is 5.91 Å². The number of nitrogens with one attached hydrogen (secondary N) is 2. The standard InChI is InChI=1S/C17H32BN3O6/c1-23-11-13-15(24-2)16(17(18)27-13)26-12-14(22)20-4-3-19-5-6-21-7-9-25-10-8-21/h13,15-17,19H,3-12H2,1-2H3,(H,20,22)/t13-,15?,16+,17-/m1/s1. The van der Waals surface area contributed by atoms with Crippen molar-refractivity contribution in [1.82, 2.24) is 15.5 Å². The number of ether oxygens (including phenoxy) is 5. The van der Waals surface area contributed by atoms with E-state index in [1.54, 1.807) is 14.2 Å². The van der Waals surface area contributed by atoms with E-state index in [0.29, 0.717) is 19.7 Å². The van der Waals surface area contributed by atoms with E-state index in [-0.39, 0.29) is 24.7 Å². The molecule has 154 valence electrons. The first-order chi connectivity index (χ1) is 13.2. The fraction of sp³-hybridized carbons (Fsp3) is 0.941. The van der Waals surface area contributed by atoms with Gasteiger partial charge in [-0.3, -0.25) is 9.69 Å². The van der Waals surface area contributed by atoms with Gasteiger partial charge in [-0.05, 0) is 0 Å². The molecule has 1 unspecified atom stereocenters. The van der Waals surface area contributed by atoms with Crippen LogP contribution in [0.25, 0.3) is 0 Å². The van der Waals surface area contributed by atoms with Gasteiger partial charge in [0.15, 0.2) is 0 Å². The molecule has 2 aliphatic rings. The Balaban J connectivity index is 1.53. The highest BCUT2D eigenvalue weighted by molar-refractivity contribution is 6.11. The number of morpholine rings is 1. The second kappa shape index (κ2) is 12.7. The zero-order valence-electron chi connectivity index (χ0n) is 16.4. The molecule has 0 aliphatic carbocycles. The van der Waals surface area contributed by atoms with Crippen LogP contribution in [0.15, 0.2) is 0 Å². The molecule has 0 aromatic rings. The quantitative estimate of drug-likeness (QED) is 0.294. The van der Waals surface area contributed by atoms with Crippen LogP contribution in [0.3, 0.4) is 0 Å². The van der Waals surface area contributed by atoms with Crippen LogP contribution in [0.4, 0.5) is 0 Å². The maximum atomic E-state index is 12.0. The van der Waals surface area contributed by atoms with Crippen molar-refractivity contribution in [1.29, 1.82) is 0 Å². The van der Waals surface area contributed by atoms with Gasteiger partial charge < -0.3 is 34.3 Å². The number of carbonyl (C=O) groups is 1. The third kappa shape index (κ3) is 7.65. The highest BCUT2D eigenvalue weighted by Crippen LogP contribution is 2.24. The van der Waals surface area contributed by atoms with Gasteiger partial charge in [0.25, 0.3) is 0 Å². The summed E-state index contributed by atoms with van der Waals surface area (Å²) in [6.07, 6.45) is -1.18. The van der Waals surface area contributed by atoms with Crippen molar-refractivity contribution in [3.8, 4) is 0 Å². The summed E-state index contributed by atoms with van der Waals surface area (Å²) in [5, 5.41) is 6.14. The Hall–Kier alpha value is -0.745. The van der Waals surface area contributed by atoms with E-state index in [2.05, 4.69) is 15.5 Å². The molecule has 2 radical (unpaired) electrons. The van der Waals surface area contributed by atoms with Gasteiger partial charge in [-0.25, -0.2) is 0 Å². The summed E-state index contributed by atoms with van der Waals surface area (Å²) in [5.74, 6) is -0.192. The number of nitrogens with zero attached hydrogens (tertiary/aromatic N) is 1. The Morgan fingerprint density at radius 1 is 1.19 bits per heavy atom. The fourth-order valence-electron chi connectivity index (χ4n) is 3.23. The summed E-state index contributed by atoms with van der Waals surface area (Å²) in [6.45, 7) is 6.97. The predicted molar refractivity (Wildman–Crippen MR) is 100.0 cm³/mol. The molecule has 27 heavy (non-hydrogen) atoms. The second-order valence-electron chi connectivity index (χ2n) is 6.62. The SMILES string of the molecule is [B][C@@H]1O[C@H](COC)C(OC)[C@@H]1OCC(=O)NCCNCCN1CCOCC1. The van der Waals surface area contributed by atoms with Crippen molar-refractivity contribution in [2.45, 2.75) is 24.3 Å². The van der Waals surface area contributed by atoms with Gasteiger partial charge in [-0.15, -0.1) is 0 Å². The lowest BCUT2D eigenvalue weighted by molar-refractivity contribution is -0.130. The van der Waals surface area contributed by atoms with Crippen LogP contribution in [0, 0.1) is 0 Å². The molecule has 0 bridgehead atoms. The number of rotatable bonds is 12. The number of amides is 1. The van der Waals surface area contributed by atoms with Crippen LogP contribution in [0.5, 0.6) is 0 Å². The first-order valence-corrected chi connectivity index (χ1v) is 9.47. The summed E-state index contributed by atoms with van der Waals surface area (Å²) in [7, 11) is 9.08. The average molecular weight is 385 g/mol. The van der Waals surface area contributed by atoms with Crippen LogP contribution in [0.1, 0.15) is 0 Å². The maximum Gasteiger partial charge on any atom is 0.246 e. The van der Waals surface area contributed by atoms with Crippen molar-refractivity contribution in [2.24, 2.45) is 0 Å². The summed E-state index contributed by atoms with van der Waals surface area (Å²) in [6, 6.07) is -0.648. The zero-order chi connectivity index (χ0) is 19.5. The van der Waals surface area contributed by atoms with E-state index in [0.717, 1.165) is 39.4 Å². The second-order valence-corrected chi connectivity index (χ2v) is 6.62. The van der Waals surface area contributed by atoms with E-state index in [1.807, 2.05) is 0 Å². The predicted octanol–water partition coefficient (Wildman–Crippen LogP) is -2.04. The van der Waals surface area contributed by atoms with E-state index < -0.39 is 12.1 Å². The van der Waals surface area contributed by atoms with Gasteiger partial charge in [0, 0.05) is 59.5 Å². The van der Waals surface area contributed by atoms with Crippen molar-refractivity contribution in [3.05, 3.63) is 0 Å². The molecule has 10 heteroatoms. The third-order valence-corrected chi connectivity index (χ3v) is 4.69. The third-order valence-electron chi connectivity index (χ3n) is 4.69. The molecule has 2 N–H and O–H groups in total. The monoisotopic (exact) mass is 385 g/mol. The summed E-state index contributed by atoms with van der Waals surface area (Å²) in [5.41, 5.74) is 0. The Bertz CT molecular complexity index is 427. The van der Waals surface area contributed by atoms with Gasteiger partial charge in [-0.2, -0.15) is 0 Å². The molecule has 0 aromatic carbocycles. The fourth-order valence-corrected chi connectivity index (χ4v) is 3.23. The minimum Gasteiger partial charge on any atom is -0.382 e. The lowest BCUT2D eigenvalue weighted by atomic mass is 9.93. The Morgan fingerprint density at radius 3 is 2.67 bits per heavy atom. The first-order valence-electron chi connectivity index (χ1n) is 9.47. The molecule has 1 amide bonds. The van der Waals surface area contributed by atoms with Crippen LogP contribution in [-0.2, 0) is 28.5 Å². The summed E-state index contributed by atoms with van der Waals surface area (Å²) in [4.78, 5) is 14.3. The topological polar surface area (TPSA) is 90.5 Å². The minimum atomic E-state index is -0.648. The average Bonchev–Trinajstić information content (AvgIpc) is 2.98. The number of hydrogen-bond donors (Lipinski definition) is 2. The van der Waals surface area contributed by atoms with Gasteiger partial charge >= 0.3 is 0 Å². The number of hydrogen-bond acceptors (Lipinski definition) is 8. The molecule has 0 aromatic heterocycles. The van der Waals surface area contributed by atoms with Crippen molar-refractivity contribution in [2.75, 3.05) is 79.9 Å². The normalized spacial score (nSPS) is 29.1. The molecular formula is C17H32BN3O6. The van der Waals surface area contributed by atoms with E-state index >= 15 is 0 Å². The summed E-state index contributed by atoms with van der Waals surface area (Å²) < 4.78 is 27.0. The zero-order valence-corrected chi connectivity index (χ0v) is 16.4. The molecule has 0 saturated carbocycles. The lowest BCUT2D eigenvalue weighted by Crippen LogP contribution is -2.42. The molecule has 2 rings (SSSR count). The van der Waals surface area contributed by atoms with Crippen LogP contribution in [-0.4, -0.2) is 123 Å². The van der Waals surface area contributed by atoms with E-state index in [9.17, 15) is 4.79 Å². The molecule has 9 nitrogen and oxygen atoms in total. The Kier molecular flexibility index (Phi) is 10.6. The molecule has 0 spiro atoms. The van der Waals surface area contributed by atoms with Gasteiger partial charge in [0.1, 0.15) is 32.8 Å². The number of methoxy groups -OCH3 is 2. The maximum absolute atomic E-state index is 12.0. The Labute approximate surface area is 162 Å². The van der Waals surface area contributed by atoms with E-state index in [1.165, 1.54) is 0 Å². The van der Waals surface area contributed by atoms with Gasteiger partial charge in [0.05, 0.1) is 19.8 Å². The molecule has 2 fully saturated rings. The molecule has 2 saturated heterocycles. The highest BCUT2D eigenvalue weighted by Gasteiger charge is 2.43. The van der Waals surface area contributed by atoms with Crippen molar-refractivity contribution >= 4 is 13.8 Å². The molecule has 2 heterocycles. The molecular weight excluding hydrogens is 353 g/mol. The summed E-state index contributed by atoms with van der Waals surface area (Å²) >= 11 is 0. The minimum absolute atomic E-state index is 0.0882. The van der Waals surface area contributed by atoms with Crippen molar-refractivity contribution < 1.29 is 28.5 Å². The lowest BCUT2D eigenvalue weighted by Gasteiger charge is -2.26. The van der Waals surface area contributed by atoms with Crippen LogP contribution < -0.4 is 10.6 Å². The van der Waals surface area contributed by atoms with Gasteiger partial charge in [-0.1, -0.05) is 0 Å². The largest absolute Gasteiger partial charge is 0.382 e. The molecule has 2 aliphatic heterocycles. The van der Waals surface area contributed by atoms with Crippen LogP contribution in [0.2, 0.25) is 0 Å². The van der Waals surface area contributed by atoms with Crippen LogP contribution >= 0.6 is 0 Å².